The summed E-state index contributed by atoms with van der Waals surface area (Å²) in [7, 11) is 0. The number of hydrogen-bond donors (Lipinski definition) is 3. The smallest absolute Gasteiger partial charge is 0.407 e. The Labute approximate surface area is 293 Å². The topological polar surface area (TPSA) is 118 Å². The number of fused-ring (bicyclic) bond motifs is 7. The third kappa shape index (κ3) is 4.68. The predicted octanol–water partition coefficient (Wildman–Crippen LogP) is 5.69. The molecule has 4 heterocycles. The number of aliphatic hydroxyl groups excluding tert-OH is 1. The molecule has 0 aromatic heterocycles. The molecular weight excluding hydrogens is 620 g/mol. The fourth-order valence-corrected chi connectivity index (χ4v) is 15.0. The summed E-state index contributed by atoms with van der Waals surface area (Å²) in [5.74, 6) is 1.49. The van der Waals surface area contributed by atoms with Crippen LogP contribution < -0.4 is 5.32 Å². The van der Waals surface area contributed by atoms with Gasteiger partial charge < -0.3 is 34.6 Å². The molecule has 9 rings (SSSR count). The third-order valence-corrected chi connectivity index (χ3v) is 17.3. The molecule has 0 radical (unpaired) electrons. The highest BCUT2D eigenvalue weighted by Crippen LogP contribution is 2.89. The highest BCUT2D eigenvalue weighted by Gasteiger charge is 2.85. The summed E-state index contributed by atoms with van der Waals surface area (Å²) in [6.45, 7) is 19.8. The number of rotatable bonds is 5. The summed E-state index contributed by atoms with van der Waals surface area (Å²) in [6, 6.07) is 0.207. The Morgan fingerprint density at radius 1 is 0.980 bits per heavy atom. The highest BCUT2D eigenvalue weighted by molar-refractivity contribution is 5.68. The van der Waals surface area contributed by atoms with Crippen molar-refractivity contribution in [3.63, 3.8) is 0 Å². The minimum Gasteiger partial charge on any atom is -0.457 e. The van der Waals surface area contributed by atoms with Gasteiger partial charge in [0.05, 0.1) is 23.9 Å². The molecule has 3 N–H and O–H groups in total. The van der Waals surface area contributed by atoms with Crippen LogP contribution >= 0.6 is 0 Å². The van der Waals surface area contributed by atoms with Gasteiger partial charge in [0, 0.05) is 30.3 Å². The first-order valence-electron chi connectivity index (χ1n) is 19.8. The summed E-state index contributed by atoms with van der Waals surface area (Å²) in [6.07, 6.45) is 8.11. The van der Waals surface area contributed by atoms with Crippen molar-refractivity contribution in [1.29, 1.82) is 0 Å². The maximum atomic E-state index is 13.4. The number of ether oxygens (including phenoxy) is 3. The lowest BCUT2D eigenvalue weighted by Crippen LogP contribution is -2.60. The zero-order valence-corrected chi connectivity index (χ0v) is 31.4. The van der Waals surface area contributed by atoms with E-state index in [2.05, 4.69) is 44.8 Å². The van der Waals surface area contributed by atoms with Crippen LogP contribution in [0.4, 0.5) is 4.79 Å². The largest absolute Gasteiger partial charge is 0.457 e. The first-order valence-corrected chi connectivity index (χ1v) is 19.8. The van der Waals surface area contributed by atoms with E-state index in [0.717, 1.165) is 51.7 Å². The molecule has 1 unspecified atom stereocenters. The number of amides is 1. The minimum absolute atomic E-state index is 0.0806. The molecular formula is C40H64N2O7. The zero-order chi connectivity index (χ0) is 35.1. The summed E-state index contributed by atoms with van der Waals surface area (Å²) in [5, 5.41) is 26.9. The SMILES string of the molecule is CC(=O)O[C@@H]([C@@H]1C[C@@H](C)[C@H]2[C@H](O1)[C@H](O)[C@@]1(C)[C@@H]3CC[C@H]4C(C)(C)[C@@H](OC(=O)NC5CN6CCC5CC6)CC[C@@]45C[C@@]35CC[C@]21C)C(C)(C)O. The van der Waals surface area contributed by atoms with Gasteiger partial charge in [-0.05, 0) is 137 Å². The number of nitrogens with one attached hydrogen (secondary N) is 1. The second-order valence-electron chi connectivity index (χ2n) is 20.0. The van der Waals surface area contributed by atoms with Crippen molar-refractivity contribution in [1.82, 2.24) is 10.2 Å². The van der Waals surface area contributed by atoms with Gasteiger partial charge in [-0.1, -0.05) is 34.6 Å². The predicted molar refractivity (Wildman–Crippen MR) is 184 cm³/mol. The zero-order valence-electron chi connectivity index (χ0n) is 31.4. The summed E-state index contributed by atoms with van der Waals surface area (Å²) >= 11 is 0. The van der Waals surface area contributed by atoms with Crippen LogP contribution in [0, 0.1) is 56.7 Å². The molecule has 5 aliphatic carbocycles. The Kier molecular flexibility index (Phi) is 7.82. The molecule has 4 saturated heterocycles. The first-order chi connectivity index (χ1) is 22.9. The number of hydrogen-bond acceptors (Lipinski definition) is 8. The van der Waals surface area contributed by atoms with Crippen molar-refractivity contribution in [3.05, 3.63) is 0 Å². The van der Waals surface area contributed by atoms with Crippen LogP contribution in [0.15, 0.2) is 0 Å². The second kappa shape index (κ2) is 11.1. The Balaban J connectivity index is 1.01. The van der Waals surface area contributed by atoms with Crippen LogP contribution in [-0.4, -0.2) is 89.0 Å². The number of piperidine rings is 3. The molecule has 4 aliphatic heterocycles. The van der Waals surface area contributed by atoms with E-state index in [1.807, 2.05) is 0 Å². The van der Waals surface area contributed by atoms with Crippen LogP contribution in [0.5, 0.6) is 0 Å². The van der Waals surface area contributed by atoms with E-state index in [4.69, 9.17) is 14.2 Å². The van der Waals surface area contributed by atoms with Gasteiger partial charge in [-0.25, -0.2) is 4.79 Å². The van der Waals surface area contributed by atoms with E-state index in [0.29, 0.717) is 24.2 Å². The van der Waals surface area contributed by atoms with E-state index < -0.39 is 29.9 Å². The fourth-order valence-electron chi connectivity index (χ4n) is 15.0. The molecule has 0 aromatic rings. The van der Waals surface area contributed by atoms with Gasteiger partial charge >= 0.3 is 12.1 Å². The molecule has 9 heteroatoms. The Bertz CT molecular complexity index is 1360. The third-order valence-electron chi connectivity index (χ3n) is 17.3. The summed E-state index contributed by atoms with van der Waals surface area (Å²) in [4.78, 5) is 27.9. The lowest BCUT2D eigenvalue weighted by atomic mass is 9.41. The second-order valence-corrected chi connectivity index (χ2v) is 20.0. The van der Waals surface area contributed by atoms with Crippen molar-refractivity contribution in [2.24, 2.45) is 56.7 Å². The van der Waals surface area contributed by atoms with Crippen molar-refractivity contribution < 1.29 is 34.0 Å². The maximum absolute atomic E-state index is 13.4. The molecule has 9 fully saturated rings. The summed E-state index contributed by atoms with van der Waals surface area (Å²) in [5.41, 5.74) is -1.33. The monoisotopic (exact) mass is 684 g/mol. The van der Waals surface area contributed by atoms with Crippen LogP contribution in [0.25, 0.3) is 0 Å². The lowest BCUT2D eigenvalue weighted by molar-refractivity contribution is -0.216. The lowest BCUT2D eigenvalue weighted by Gasteiger charge is -2.63. The van der Waals surface area contributed by atoms with Crippen molar-refractivity contribution in [2.45, 2.75) is 162 Å². The number of esters is 1. The Morgan fingerprint density at radius 2 is 1.65 bits per heavy atom. The number of aliphatic hydroxyl groups is 2. The molecule has 0 aromatic carbocycles. The van der Waals surface area contributed by atoms with E-state index in [-0.39, 0.29) is 63.3 Å². The molecule has 5 saturated carbocycles. The van der Waals surface area contributed by atoms with Gasteiger partial charge in [0.1, 0.15) is 6.10 Å². The molecule has 276 valence electrons. The van der Waals surface area contributed by atoms with E-state index >= 15 is 0 Å². The number of carbonyl (C=O) groups is 2. The first kappa shape index (κ1) is 34.7. The van der Waals surface area contributed by atoms with Gasteiger partial charge in [-0.3, -0.25) is 4.79 Å². The van der Waals surface area contributed by atoms with Crippen LogP contribution in [0.1, 0.15) is 120 Å². The molecule has 14 atom stereocenters. The van der Waals surface area contributed by atoms with Gasteiger partial charge in [-0.2, -0.15) is 0 Å². The van der Waals surface area contributed by atoms with E-state index in [9.17, 15) is 19.8 Å². The average Bonchev–Trinajstić information content (AvgIpc) is 3.66. The van der Waals surface area contributed by atoms with Crippen molar-refractivity contribution >= 4 is 12.1 Å². The van der Waals surface area contributed by atoms with Crippen LogP contribution in [0.2, 0.25) is 0 Å². The Morgan fingerprint density at radius 3 is 2.29 bits per heavy atom. The molecule has 1 amide bonds. The molecule has 49 heavy (non-hydrogen) atoms. The quantitative estimate of drug-likeness (QED) is 0.317. The van der Waals surface area contributed by atoms with Crippen molar-refractivity contribution in [2.75, 3.05) is 19.6 Å². The average molecular weight is 685 g/mol. The maximum Gasteiger partial charge on any atom is 0.407 e. The number of alkyl carbamates (subject to hydrolysis) is 1. The molecule has 9 aliphatic rings. The molecule has 2 spiro atoms. The number of nitrogens with zero attached hydrogens (tertiary/aromatic N) is 1. The fraction of sp³-hybridized carbons (Fsp3) is 0.950. The van der Waals surface area contributed by atoms with E-state index in [1.54, 1.807) is 13.8 Å². The minimum atomic E-state index is -1.26. The number of carbonyl (C=O) groups excluding carboxylic acids is 2. The standard InChI is InChI=1S/C40H64N2O7/c1-22-19-26(33(36(5,6)46)47-23(2)43)48-31-30(22)37(7)15-16-40-21-39(40)14-11-29(49-34(45)41-25-20-42-17-12-24(25)13-18-42)35(3,4)27(39)9-10-28(40)38(37,8)32(31)44/h22,24-33,44,46H,9-21H2,1-8H3,(H,41,45)/t22-,25?,26+,27+,28+,29+,30+,31+,32+,33+,37-,38-,39-,40+/m1/s1. The van der Waals surface area contributed by atoms with Crippen LogP contribution in [-0.2, 0) is 19.0 Å². The molecule has 2 bridgehead atoms. The normalized spacial score (nSPS) is 52.7. The highest BCUT2D eigenvalue weighted by atomic mass is 16.6. The molecule has 9 nitrogen and oxygen atoms in total. The Hall–Kier alpha value is -1.42. The van der Waals surface area contributed by atoms with Crippen molar-refractivity contribution in [3.8, 4) is 0 Å². The van der Waals surface area contributed by atoms with Gasteiger partial charge in [0.2, 0.25) is 0 Å². The van der Waals surface area contributed by atoms with Gasteiger partial charge in [-0.15, -0.1) is 0 Å². The van der Waals surface area contributed by atoms with E-state index in [1.165, 1.54) is 32.6 Å². The summed E-state index contributed by atoms with van der Waals surface area (Å²) < 4.78 is 18.9. The van der Waals surface area contributed by atoms with Gasteiger partial charge in [0.25, 0.3) is 0 Å². The van der Waals surface area contributed by atoms with Gasteiger partial charge in [0.15, 0.2) is 6.10 Å². The van der Waals surface area contributed by atoms with Crippen LogP contribution in [0.3, 0.4) is 0 Å².